The molecule has 0 atom stereocenters. The Morgan fingerprint density at radius 3 is 2.78 bits per heavy atom. The third-order valence-electron chi connectivity index (χ3n) is 2.36. The van der Waals surface area contributed by atoms with Crippen LogP contribution >= 0.6 is 11.3 Å². The Labute approximate surface area is 108 Å². The Kier molecular flexibility index (Phi) is 3.47. The second-order valence-electron chi connectivity index (χ2n) is 3.38. The maximum Gasteiger partial charge on any atom is 0.337 e. The zero-order chi connectivity index (χ0) is 13.1. The van der Waals surface area contributed by atoms with Crippen molar-refractivity contribution >= 4 is 17.3 Å². The molecular weight excluding hydrogens is 254 g/mol. The maximum atomic E-state index is 11.2. The Morgan fingerprint density at radius 1 is 1.39 bits per heavy atom. The fourth-order valence-electron chi connectivity index (χ4n) is 1.56. The molecule has 5 nitrogen and oxygen atoms in total. The van der Waals surface area contributed by atoms with Gasteiger partial charge in [0.25, 0.3) is 0 Å². The molecule has 0 fully saturated rings. The summed E-state index contributed by atoms with van der Waals surface area (Å²) in [5, 5.41) is 10.4. The summed E-state index contributed by atoms with van der Waals surface area (Å²) >= 11 is 1.30. The number of methoxy groups -OCH3 is 2. The topological polar surface area (TPSA) is 68.7 Å². The molecule has 2 rings (SSSR count). The van der Waals surface area contributed by atoms with E-state index in [1.54, 1.807) is 25.4 Å². The van der Waals surface area contributed by atoms with Crippen molar-refractivity contribution in [2.24, 2.45) is 0 Å². The molecule has 0 bridgehead atoms. The molecular formula is C12H11NO4S. The van der Waals surface area contributed by atoms with Crippen molar-refractivity contribution in [3.63, 3.8) is 0 Å². The van der Waals surface area contributed by atoms with E-state index in [4.69, 9.17) is 14.6 Å². The highest BCUT2D eigenvalue weighted by atomic mass is 32.1. The van der Waals surface area contributed by atoms with E-state index in [0.717, 1.165) is 0 Å². The van der Waals surface area contributed by atoms with Crippen LogP contribution in [0.3, 0.4) is 0 Å². The first-order chi connectivity index (χ1) is 8.67. The summed E-state index contributed by atoms with van der Waals surface area (Å²) in [4.78, 5) is 15.3. The van der Waals surface area contributed by atoms with Gasteiger partial charge < -0.3 is 14.6 Å². The molecule has 2 heterocycles. The number of hydrogen-bond donors (Lipinski definition) is 1. The number of aromatic nitrogens is 1. The monoisotopic (exact) mass is 265 g/mol. The number of carboxylic acids is 1. The second kappa shape index (κ2) is 5.05. The zero-order valence-corrected chi connectivity index (χ0v) is 10.7. The van der Waals surface area contributed by atoms with Crippen LogP contribution in [0.4, 0.5) is 0 Å². The Bertz CT molecular complexity index is 579. The molecule has 0 saturated carbocycles. The van der Waals surface area contributed by atoms with E-state index in [0.29, 0.717) is 21.4 Å². The number of carboxylic acid groups (broad SMARTS) is 1. The quantitative estimate of drug-likeness (QED) is 0.920. The molecule has 0 radical (unpaired) electrons. The van der Waals surface area contributed by atoms with Gasteiger partial charge >= 0.3 is 5.97 Å². The summed E-state index contributed by atoms with van der Waals surface area (Å²) in [6.45, 7) is 0. The number of hydrogen-bond acceptors (Lipinski definition) is 5. The third kappa shape index (κ3) is 2.14. The highest BCUT2D eigenvalue weighted by molar-refractivity contribution is 7.16. The van der Waals surface area contributed by atoms with Gasteiger partial charge in [-0.25, -0.2) is 4.79 Å². The van der Waals surface area contributed by atoms with E-state index in [2.05, 4.69) is 4.98 Å². The van der Waals surface area contributed by atoms with Gasteiger partial charge in [0, 0.05) is 12.3 Å². The van der Waals surface area contributed by atoms with Gasteiger partial charge in [-0.1, -0.05) is 11.3 Å². The van der Waals surface area contributed by atoms with E-state index in [1.807, 2.05) is 0 Å². The standard InChI is InChI=1S/C12H11NO4S/c1-16-9-6-8(12(17-2)18-9)10-7(11(14)15)4-3-5-13-10/h3-6H,1-2H3,(H,14,15). The molecule has 0 aromatic carbocycles. The van der Waals surface area contributed by atoms with Crippen LogP contribution in [0.2, 0.25) is 0 Å². The van der Waals surface area contributed by atoms with Gasteiger partial charge in [-0.3, -0.25) is 4.98 Å². The molecule has 0 aliphatic rings. The van der Waals surface area contributed by atoms with Crippen molar-refractivity contribution in [1.82, 2.24) is 4.98 Å². The minimum Gasteiger partial charge on any atom is -0.487 e. The number of thiophene rings is 1. The van der Waals surface area contributed by atoms with Crippen LogP contribution in [0.5, 0.6) is 10.1 Å². The fourth-order valence-corrected chi connectivity index (χ4v) is 2.35. The molecule has 2 aromatic heterocycles. The minimum absolute atomic E-state index is 0.135. The number of aromatic carboxylic acids is 1. The first-order valence-corrected chi connectivity index (χ1v) is 5.89. The van der Waals surface area contributed by atoms with Gasteiger partial charge in [-0.05, 0) is 12.1 Å². The average molecular weight is 265 g/mol. The molecule has 0 unspecified atom stereocenters. The van der Waals surface area contributed by atoms with Crippen LogP contribution in [0.15, 0.2) is 24.4 Å². The smallest absolute Gasteiger partial charge is 0.337 e. The lowest BCUT2D eigenvalue weighted by Gasteiger charge is -2.04. The van der Waals surface area contributed by atoms with E-state index >= 15 is 0 Å². The molecule has 0 saturated heterocycles. The first-order valence-electron chi connectivity index (χ1n) is 5.08. The minimum atomic E-state index is -1.02. The van der Waals surface area contributed by atoms with Crippen molar-refractivity contribution < 1.29 is 19.4 Å². The van der Waals surface area contributed by atoms with Crippen LogP contribution in [0.1, 0.15) is 10.4 Å². The molecule has 1 N–H and O–H groups in total. The summed E-state index contributed by atoms with van der Waals surface area (Å²) in [5.74, 6) is -1.02. The van der Waals surface area contributed by atoms with Crippen LogP contribution in [0, 0.1) is 0 Å². The Balaban J connectivity index is 2.61. The fraction of sp³-hybridized carbons (Fsp3) is 0.167. The normalized spacial score (nSPS) is 10.1. The van der Waals surface area contributed by atoms with Gasteiger partial charge in [0.15, 0.2) is 10.1 Å². The lowest BCUT2D eigenvalue weighted by molar-refractivity contribution is 0.0697. The average Bonchev–Trinajstić information content (AvgIpc) is 2.81. The van der Waals surface area contributed by atoms with Crippen LogP contribution in [-0.2, 0) is 0 Å². The second-order valence-corrected chi connectivity index (χ2v) is 4.36. The van der Waals surface area contributed by atoms with Gasteiger partial charge in [0.2, 0.25) is 0 Å². The molecule has 0 aliphatic heterocycles. The lowest BCUT2D eigenvalue weighted by Crippen LogP contribution is -2.01. The van der Waals surface area contributed by atoms with Crippen molar-refractivity contribution in [3.8, 4) is 21.4 Å². The molecule has 94 valence electrons. The van der Waals surface area contributed by atoms with E-state index in [9.17, 15) is 4.79 Å². The highest BCUT2D eigenvalue weighted by Crippen LogP contribution is 2.42. The van der Waals surface area contributed by atoms with Crippen molar-refractivity contribution in [3.05, 3.63) is 30.0 Å². The van der Waals surface area contributed by atoms with Gasteiger partial charge in [0.05, 0.1) is 31.0 Å². The van der Waals surface area contributed by atoms with Crippen LogP contribution in [-0.4, -0.2) is 30.3 Å². The van der Waals surface area contributed by atoms with E-state index in [1.165, 1.54) is 24.5 Å². The number of nitrogens with zero attached hydrogens (tertiary/aromatic N) is 1. The van der Waals surface area contributed by atoms with Gasteiger partial charge in [0.1, 0.15) is 0 Å². The van der Waals surface area contributed by atoms with Gasteiger partial charge in [-0.2, -0.15) is 0 Å². The zero-order valence-electron chi connectivity index (χ0n) is 9.84. The summed E-state index contributed by atoms with van der Waals surface area (Å²) < 4.78 is 10.3. The third-order valence-corrected chi connectivity index (χ3v) is 3.41. The summed E-state index contributed by atoms with van der Waals surface area (Å²) in [6.07, 6.45) is 1.55. The summed E-state index contributed by atoms with van der Waals surface area (Å²) in [6, 6.07) is 4.82. The predicted octanol–water partition coefficient (Wildman–Crippen LogP) is 2.53. The Morgan fingerprint density at radius 2 is 2.17 bits per heavy atom. The molecule has 6 heteroatoms. The first kappa shape index (κ1) is 12.4. The molecule has 18 heavy (non-hydrogen) atoms. The largest absolute Gasteiger partial charge is 0.487 e. The van der Waals surface area contributed by atoms with Crippen LogP contribution in [0.25, 0.3) is 11.3 Å². The number of ether oxygens (including phenoxy) is 2. The van der Waals surface area contributed by atoms with E-state index in [-0.39, 0.29) is 5.56 Å². The molecule has 0 spiro atoms. The highest BCUT2D eigenvalue weighted by Gasteiger charge is 2.19. The molecule has 2 aromatic rings. The Hall–Kier alpha value is -2.08. The van der Waals surface area contributed by atoms with Crippen molar-refractivity contribution in [2.75, 3.05) is 14.2 Å². The van der Waals surface area contributed by atoms with Gasteiger partial charge in [-0.15, -0.1) is 0 Å². The maximum absolute atomic E-state index is 11.2. The van der Waals surface area contributed by atoms with Crippen LogP contribution < -0.4 is 9.47 Å². The number of rotatable bonds is 4. The lowest BCUT2D eigenvalue weighted by atomic mass is 10.1. The number of pyridine rings is 1. The summed E-state index contributed by atoms with van der Waals surface area (Å²) in [5.41, 5.74) is 1.13. The predicted molar refractivity (Wildman–Crippen MR) is 67.6 cm³/mol. The van der Waals surface area contributed by atoms with Crippen molar-refractivity contribution in [2.45, 2.75) is 0 Å². The number of carbonyl (C=O) groups is 1. The van der Waals surface area contributed by atoms with Crippen molar-refractivity contribution in [1.29, 1.82) is 0 Å². The molecule has 0 amide bonds. The SMILES string of the molecule is COc1cc(-c2ncccc2C(=O)O)c(OC)s1. The van der Waals surface area contributed by atoms with E-state index < -0.39 is 5.97 Å². The molecule has 0 aliphatic carbocycles. The summed E-state index contributed by atoms with van der Waals surface area (Å²) in [7, 11) is 3.07.